The number of carboxylic acids is 1. The third kappa shape index (κ3) is 4.47. The standard InChI is InChI=1S/C13H14N2O4S2/c1-21(18,19)15-12-5-3-2-4-11(12)14-7-10-6-9(8-20-10)13(16)17/h2-6,8,14-15H,7H2,1H3,(H,16,17). The molecule has 0 saturated carbocycles. The van der Waals surface area contributed by atoms with Crippen LogP contribution in [0.5, 0.6) is 0 Å². The van der Waals surface area contributed by atoms with Gasteiger partial charge >= 0.3 is 5.97 Å². The van der Waals surface area contributed by atoms with Crippen molar-refractivity contribution in [2.75, 3.05) is 16.3 Å². The molecule has 2 rings (SSSR count). The summed E-state index contributed by atoms with van der Waals surface area (Å²) in [6.45, 7) is 0.417. The van der Waals surface area contributed by atoms with E-state index in [4.69, 9.17) is 5.11 Å². The van der Waals surface area contributed by atoms with Crippen LogP contribution in [-0.2, 0) is 16.6 Å². The molecule has 8 heteroatoms. The predicted octanol–water partition coefficient (Wildman–Crippen LogP) is 2.43. The van der Waals surface area contributed by atoms with Crippen LogP contribution in [0.15, 0.2) is 35.7 Å². The molecule has 112 valence electrons. The number of hydrogen-bond acceptors (Lipinski definition) is 5. The SMILES string of the molecule is CS(=O)(=O)Nc1ccccc1NCc1cc(C(=O)O)cs1. The van der Waals surface area contributed by atoms with E-state index in [-0.39, 0.29) is 5.56 Å². The molecule has 0 unspecified atom stereocenters. The Morgan fingerprint density at radius 2 is 1.95 bits per heavy atom. The van der Waals surface area contributed by atoms with Crippen molar-refractivity contribution in [3.05, 3.63) is 46.2 Å². The van der Waals surface area contributed by atoms with Crippen LogP contribution in [0.3, 0.4) is 0 Å². The summed E-state index contributed by atoms with van der Waals surface area (Å²) in [4.78, 5) is 11.7. The first-order chi connectivity index (χ1) is 9.85. The molecular formula is C13H14N2O4S2. The Bertz CT molecular complexity index is 753. The molecule has 0 atom stereocenters. The first kappa shape index (κ1) is 15.3. The quantitative estimate of drug-likeness (QED) is 0.758. The van der Waals surface area contributed by atoms with E-state index in [2.05, 4.69) is 10.0 Å². The second kappa shape index (κ2) is 6.15. The maximum Gasteiger partial charge on any atom is 0.336 e. The van der Waals surface area contributed by atoms with Crippen molar-refractivity contribution in [2.24, 2.45) is 0 Å². The first-order valence-electron chi connectivity index (χ1n) is 5.96. The van der Waals surface area contributed by atoms with Gasteiger partial charge in [-0.1, -0.05) is 12.1 Å². The van der Waals surface area contributed by atoms with Crippen LogP contribution in [0, 0.1) is 0 Å². The molecule has 0 bridgehead atoms. The van der Waals surface area contributed by atoms with E-state index in [1.807, 2.05) is 0 Å². The van der Waals surface area contributed by atoms with Crippen molar-refractivity contribution in [3.8, 4) is 0 Å². The summed E-state index contributed by atoms with van der Waals surface area (Å²) in [5.41, 5.74) is 1.34. The van der Waals surface area contributed by atoms with E-state index < -0.39 is 16.0 Å². The fourth-order valence-electron chi connectivity index (χ4n) is 1.69. The summed E-state index contributed by atoms with van der Waals surface area (Å²) >= 11 is 1.33. The molecule has 0 fully saturated rings. The van der Waals surface area contributed by atoms with Gasteiger partial charge in [-0.05, 0) is 18.2 Å². The summed E-state index contributed by atoms with van der Waals surface area (Å²) in [7, 11) is -3.35. The lowest BCUT2D eigenvalue weighted by Gasteiger charge is -2.12. The van der Waals surface area contributed by atoms with Crippen LogP contribution < -0.4 is 10.0 Å². The van der Waals surface area contributed by atoms with Gasteiger partial charge in [0.2, 0.25) is 10.0 Å². The van der Waals surface area contributed by atoms with Crippen LogP contribution in [0.4, 0.5) is 11.4 Å². The predicted molar refractivity (Wildman–Crippen MR) is 83.5 cm³/mol. The van der Waals surface area contributed by atoms with Crippen LogP contribution >= 0.6 is 11.3 Å². The molecular weight excluding hydrogens is 312 g/mol. The molecule has 21 heavy (non-hydrogen) atoms. The molecule has 6 nitrogen and oxygen atoms in total. The number of carbonyl (C=O) groups is 1. The average molecular weight is 326 g/mol. The number of rotatable bonds is 6. The van der Waals surface area contributed by atoms with E-state index in [1.54, 1.807) is 35.7 Å². The van der Waals surface area contributed by atoms with Crippen molar-refractivity contribution in [3.63, 3.8) is 0 Å². The van der Waals surface area contributed by atoms with Gasteiger partial charge in [0.1, 0.15) is 0 Å². The molecule has 0 aliphatic heterocycles. The zero-order chi connectivity index (χ0) is 15.5. The van der Waals surface area contributed by atoms with Crippen molar-refractivity contribution < 1.29 is 18.3 Å². The Morgan fingerprint density at radius 3 is 2.52 bits per heavy atom. The average Bonchev–Trinajstić information content (AvgIpc) is 2.85. The number of hydrogen-bond donors (Lipinski definition) is 3. The van der Waals surface area contributed by atoms with Crippen molar-refractivity contribution in [2.45, 2.75) is 6.54 Å². The van der Waals surface area contributed by atoms with Gasteiger partial charge in [0.05, 0.1) is 23.2 Å². The van der Waals surface area contributed by atoms with Crippen LogP contribution in [0.25, 0.3) is 0 Å². The summed E-state index contributed by atoms with van der Waals surface area (Å²) < 4.78 is 25.0. The maximum atomic E-state index is 11.3. The second-order valence-corrected chi connectivity index (χ2v) is 7.12. The molecule has 0 spiro atoms. The Morgan fingerprint density at radius 1 is 1.29 bits per heavy atom. The minimum absolute atomic E-state index is 0.249. The second-order valence-electron chi connectivity index (χ2n) is 4.38. The van der Waals surface area contributed by atoms with Gasteiger partial charge in [0, 0.05) is 16.8 Å². The first-order valence-corrected chi connectivity index (χ1v) is 8.73. The summed E-state index contributed by atoms with van der Waals surface area (Å²) in [5, 5.41) is 13.5. The lowest BCUT2D eigenvalue weighted by atomic mass is 10.2. The summed E-state index contributed by atoms with van der Waals surface area (Å²) in [5.74, 6) is -0.961. The molecule has 0 radical (unpaired) electrons. The molecule has 0 amide bonds. The zero-order valence-electron chi connectivity index (χ0n) is 11.2. The number of anilines is 2. The maximum absolute atomic E-state index is 11.3. The van der Waals surface area contributed by atoms with Gasteiger partial charge in [-0.25, -0.2) is 13.2 Å². The van der Waals surface area contributed by atoms with Gasteiger partial charge in [0.25, 0.3) is 0 Å². The van der Waals surface area contributed by atoms with E-state index in [9.17, 15) is 13.2 Å². The molecule has 0 saturated heterocycles. The van der Waals surface area contributed by atoms with Gasteiger partial charge in [-0.2, -0.15) is 0 Å². The highest BCUT2D eigenvalue weighted by Crippen LogP contribution is 2.24. The van der Waals surface area contributed by atoms with Gasteiger partial charge in [-0.3, -0.25) is 4.72 Å². The Kier molecular flexibility index (Phi) is 4.49. The smallest absolute Gasteiger partial charge is 0.336 e. The van der Waals surface area contributed by atoms with E-state index >= 15 is 0 Å². The minimum atomic E-state index is -3.35. The number of aromatic carboxylic acids is 1. The normalized spacial score (nSPS) is 11.1. The lowest BCUT2D eigenvalue weighted by molar-refractivity contribution is 0.0697. The van der Waals surface area contributed by atoms with Gasteiger partial charge in [-0.15, -0.1) is 11.3 Å². The Hall–Kier alpha value is -2.06. The Balaban J connectivity index is 2.10. The molecule has 0 aliphatic carbocycles. The van der Waals surface area contributed by atoms with E-state index in [1.165, 1.54) is 11.3 Å². The molecule has 3 N–H and O–H groups in total. The summed E-state index contributed by atoms with van der Waals surface area (Å²) in [6, 6.07) is 8.51. The molecule has 1 heterocycles. The van der Waals surface area contributed by atoms with Gasteiger partial charge < -0.3 is 10.4 Å². The van der Waals surface area contributed by atoms with Gasteiger partial charge in [0.15, 0.2) is 0 Å². The highest BCUT2D eigenvalue weighted by atomic mass is 32.2. The molecule has 1 aromatic carbocycles. The van der Waals surface area contributed by atoms with Crippen molar-refractivity contribution in [1.29, 1.82) is 0 Å². The number of thiophene rings is 1. The largest absolute Gasteiger partial charge is 0.478 e. The zero-order valence-corrected chi connectivity index (χ0v) is 12.8. The number of sulfonamides is 1. The summed E-state index contributed by atoms with van der Waals surface area (Å²) in [6.07, 6.45) is 1.09. The van der Waals surface area contributed by atoms with Crippen LogP contribution in [-0.4, -0.2) is 25.7 Å². The molecule has 1 aromatic heterocycles. The number of carboxylic acid groups (broad SMARTS) is 1. The number of benzene rings is 1. The van der Waals surface area contributed by atoms with Crippen LogP contribution in [0.2, 0.25) is 0 Å². The minimum Gasteiger partial charge on any atom is -0.478 e. The van der Waals surface area contributed by atoms with Crippen molar-refractivity contribution in [1.82, 2.24) is 0 Å². The third-order valence-corrected chi connectivity index (χ3v) is 4.10. The number of nitrogens with one attached hydrogen (secondary N) is 2. The molecule has 2 aromatic rings. The van der Waals surface area contributed by atoms with Crippen molar-refractivity contribution >= 4 is 38.7 Å². The van der Waals surface area contributed by atoms with E-state index in [0.29, 0.717) is 17.9 Å². The topological polar surface area (TPSA) is 95.5 Å². The fourth-order valence-corrected chi connectivity index (χ4v) is 3.07. The lowest BCUT2D eigenvalue weighted by Crippen LogP contribution is -2.11. The fraction of sp³-hybridized carbons (Fsp3) is 0.154. The highest BCUT2D eigenvalue weighted by molar-refractivity contribution is 7.92. The molecule has 0 aliphatic rings. The Labute approximate surface area is 126 Å². The monoisotopic (exact) mass is 326 g/mol. The van der Waals surface area contributed by atoms with E-state index in [0.717, 1.165) is 11.1 Å². The third-order valence-electron chi connectivity index (χ3n) is 2.58. The highest BCUT2D eigenvalue weighted by Gasteiger charge is 2.09. The number of para-hydroxylation sites is 2. The van der Waals surface area contributed by atoms with Crippen LogP contribution in [0.1, 0.15) is 15.2 Å².